The summed E-state index contributed by atoms with van der Waals surface area (Å²) in [6, 6.07) is 23.4. The quantitative estimate of drug-likeness (QED) is 0.0379. The molecule has 20 heteroatoms. The van der Waals surface area contributed by atoms with E-state index < -0.39 is 52.8 Å². The highest BCUT2D eigenvalue weighted by Gasteiger charge is 2.27. The molecule has 15 nitrogen and oxygen atoms in total. The number of carbonyl (C=O) groups excluding carboxylic acids is 6. The fraction of sp³-hybridized carbons (Fsp3) is 0.182. The van der Waals surface area contributed by atoms with E-state index in [4.69, 9.17) is 62.7 Å². The fourth-order valence-electron chi connectivity index (χ4n) is 5.56. The molecule has 4 amide bonds. The Labute approximate surface area is 391 Å². The Hall–Kier alpha value is -6.23. The average Bonchev–Trinajstić information content (AvgIpc) is 3.25. The number of rotatable bonds is 18. The van der Waals surface area contributed by atoms with E-state index in [2.05, 4.69) is 41.7 Å². The summed E-state index contributed by atoms with van der Waals surface area (Å²) in [4.78, 5) is 78.2. The Bertz CT molecular complexity index is 2630. The van der Waals surface area contributed by atoms with Crippen LogP contribution in [-0.4, -0.2) is 52.8 Å². The normalized spacial score (nSPS) is 12.6. The third-order valence-electron chi connectivity index (χ3n) is 8.80. The lowest BCUT2D eigenvalue weighted by Gasteiger charge is -2.17. The smallest absolute Gasteiger partial charge is 0.258 e. The molecule has 0 saturated heterocycles. The first-order valence-electron chi connectivity index (χ1n) is 19.0. The highest BCUT2D eigenvalue weighted by atomic mass is 35.5. The average molecular weight is 967 g/mol. The summed E-state index contributed by atoms with van der Waals surface area (Å²) in [5, 5.41) is 26.4. The lowest BCUT2D eigenvalue weighted by molar-refractivity contribution is -0.127. The molecule has 0 aliphatic heterocycles. The number of ketones is 2. The summed E-state index contributed by atoms with van der Waals surface area (Å²) in [6.07, 6.45) is 0. The third-order valence-corrected chi connectivity index (χ3v) is 10.3. The van der Waals surface area contributed by atoms with E-state index >= 15 is 0 Å². The van der Waals surface area contributed by atoms with Crippen LogP contribution in [0.15, 0.2) is 124 Å². The summed E-state index contributed by atoms with van der Waals surface area (Å²) in [5.41, 5.74) is 2.08. The van der Waals surface area contributed by atoms with E-state index in [0.29, 0.717) is 23.1 Å². The van der Waals surface area contributed by atoms with E-state index in [-0.39, 0.29) is 49.7 Å². The number of hydrogen-bond acceptors (Lipinski definition) is 11. The van der Waals surface area contributed by atoms with Crippen molar-refractivity contribution in [3.63, 3.8) is 0 Å². The van der Waals surface area contributed by atoms with Gasteiger partial charge in [0.05, 0.1) is 26.9 Å². The number of nitrogens with zero attached hydrogens (tertiary/aromatic N) is 4. The molecule has 64 heavy (non-hydrogen) atoms. The van der Waals surface area contributed by atoms with Crippen molar-refractivity contribution < 1.29 is 33.5 Å². The molecule has 0 aliphatic carbocycles. The van der Waals surface area contributed by atoms with Crippen LogP contribution in [0, 0.1) is 0 Å². The van der Waals surface area contributed by atoms with Crippen molar-refractivity contribution >= 4 is 127 Å². The van der Waals surface area contributed by atoms with Crippen LogP contribution in [0.25, 0.3) is 0 Å². The number of benzene rings is 5. The number of azo groups is 2. The molecule has 0 heterocycles. The monoisotopic (exact) mass is 964 g/mol. The SMILES string of the molecule is CC(=O)C(N=Nc1cccc(C(=O)Nc2ccc(CCl)cc2)c1Cl)C(=O)Nc1ccc(NC(=O)C(N=Nc2cccc(C(=O)Nc3ccc(CCl)cc3)c2Cl)C(C)=O)c(OC(C)Cl)c1. The number of carbonyl (C=O) groups is 6. The van der Waals surface area contributed by atoms with Gasteiger partial charge in [0.15, 0.2) is 17.1 Å². The van der Waals surface area contributed by atoms with Gasteiger partial charge in [0.1, 0.15) is 17.1 Å². The minimum Gasteiger partial charge on any atom is -0.473 e. The van der Waals surface area contributed by atoms with Crippen molar-refractivity contribution in [1.82, 2.24) is 0 Å². The van der Waals surface area contributed by atoms with Crippen LogP contribution in [0.3, 0.4) is 0 Å². The Morgan fingerprint density at radius 1 is 0.578 bits per heavy atom. The number of anilines is 4. The molecule has 5 aromatic carbocycles. The van der Waals surface area contributed by atoms with E-state index in [1.165, 1.54) is 61.5 Å². The summed E-state index contributed by atoms with van der Waals surface area (Å²) in [6.45, 7) is 3.77. The van der Waals surface area contributed by atoms with E-state index in [9.17, 15) is 28.8 Å². The van der Waals surface area contributed by atoms with Crippen molar-refractivity contribution in [3.05, 3.63) is 135 Å². The van der Waals surface area contributed by atoms with Crippen molar-refractivity contribution in [2.75, 3.05) is 21.3 Å². The van der Waals surface area contributed by atoms with Crippen molar-refractivity contribution in [3.8, 4) is 5.75 Å². The van der Waals surface area contributed by atoms with Crippen molar-refractivity contribution in [2.45, 2.75) is 50.2 Å². The van der Waals surface area contributed by atoms with Gasteiger partial charge in [0.25, 0.3) is 23.6 Å². The second-order valence-electron chi connectivity index (χ2n) is 13.7. The molecule has 5 aromatic rings. The third kappa shape index (κ3) is 13.2. The van der Waals surface area contributed by atoms with Gasteiger partial charge >= 0.3 is 0 Å². The predicted octanol–water partition coefficient (Wildman–Crippen LogP) is 11.3. The summed E-state index contributed by atoms with van der Waals surface area (Å²) >= 11 is 30.9. The highest BCUT2D eigenvalue weighted by molar-refractivity contribution is 6.37. The molecule has 0 fully saturated rings. The number of alkyl halides is 3. The Balaban J connectivity index is 1.29. The second-order valence-corrected chi connectivity index (χ2v) is 15.6. The lowest BCUT2D eigenvalue weighted by atomic mass is 10.1. The first-order chi connectivity index (χ1) is 30.6. The molecule has 4 N–H and O–H groups in total. The van der Waals surface area contributed by atoms with Gasteiger partial charge in [-0.25, -0.2) is 0 Å². The maximum atomic E-state index is 13.5. The van der Waals surface area contributed by atoms with Gasteiger partial charge in [-0.3, -0.25) is 28.8 Å². The van der Waals surface area contributed by atoms with Gasteiger partial charge in [-0.15, -0.1) is 23.2 Å². The van der Waals surface area contributed by atoms with Crippen molar-refractivity contribution in [2.24, 2.45) is 20.5 Å². The zero-order valence-corrected chi connectivity index (χ0v) is 37.8. The molecular formula is C44H37Cl5N8O7. The van der Waals surface area contributed by atoms with Gasteiger partial charge in [-0.05, 0) is 92.6 Å². The second kappa shape index (κ2) is 22.9. The highest BCUT2D eigenvalue weighted by Crippen LogP contribution is 2.33. The first-order valence-corrected chi connectivity index (χ1v) is 21.2. The van der Waals surface area contributed by atoms with Crippen LogP contribution in [0.5, 0.6) is 5.75 Å². The zero-order valence-electron chi connectivity index (χ0n) is 34.0. The first kappa shape index (κ1) is 48.8. The molecule has 0 saturated carbocycles. The van der Waals surface area contributed by atoms with Crippen LogP contribution in [-0.2, 0) is 30.9 Å². The van der Waals surface area contributed by atoms with Gasteiger partial charge in [0, 0.05) is 34.9 Å². The molecule has 0 aromatic heterocycles. The van der Waals surface area contributed by atoms with Crippen LogP contribution >= 0.6 is 58.0 Å². The summed E-state index contributed by atoms with van der Waals surface area (Å²) < 4.78 is 5.69. The summed E-state index contributed by atoms with van der Waals surface area (Å²) in [7, 11) is 0. The van der Waals surface area contributed by atoms with E-state index in [1.807, 2.05) is 0 Å². The largest absolute Gasteiger partial charge is 0.473 e. The molecule has 3 unspecified atom stereocenters. The molecular weight excluding hydrogens is 930 g/mol. The lowest BCUT2D eigenvalue weighted by Crippen LogP contribution is -2.32. The minimum atomic E-state index is -1.67. The number of hydrogen-bond donors (Lipinski definition) is 4. The molecule has 0 spiro atoms. The van der Waals surface area contributed by atoms with Crippen LogP contribution in [0.2, 0.25) is 10.0 Å². The van der Waals surface area contributed by atoms with E-state index in [1.54, 1.807) is 48.5 Å². The Kier molecular flexibility index (Phi) is 17.5. The summed E-state index contributed by atoms with van der Waals surface area (Å²) in [5.74, 6) is -3.64. The molecule has 330 valence electrons. The van der Waals surface area contributed by atoms with Gasteiger partial charge in [0.2, 0.25) is 12.1 Å². The van der Waals surface area contributed by atoms with Crippen LogP contribution < -0.4 is 26.0 Å². The van der Waals surface area contributed by atoms with Crippen LogP contribution in [0.1, 0.15) is 52.6 Å². The number of nitrogens with one attached hydrogen (secondary N) is 4. The predicted molar refractivity (Wildman–Crippen MR) is 248 cm³/mol. The molecule has 0 bridgehead atoms. The maximum Gasteiger partial charge on any atom is 0.258 e. The number of amides is 4. The topological polar surface area (TPSA) is 209 Å². The molecule has 3 atom stereocenters. The standard InChI is InChI=1S/C44H37Cl5N8O7/c1-23(58)39(56-54-34-8-4-6-31(37(34)48)41(60)50-28-14-10-26(21-45)11-15-28)43(62)52-30-18-19-33(36(20-30)64-25(3)47)53-44(63)40(24(2)59)57-55-35-9-5-7-32(38(35)49)42(61)51-29-16-12-27(22-46)13-17-29/h4-20,25,39-40H,21-22H2,1-3H3,(H,50,60)(H,51,61)(H,52,62)(H,53,63). The number of halogens is 5. The van der Waals surface area contributed by atoms with E-state index in [0.717, 1.165) is 25.0 Å². The molecule has 0 aliphatic rings. The Morgan fingerprint density at radius 3 is 1.41 bits per heavy atom. The zero-order chi connectivity index (χ0) is 46.5. The minimum absolute atomic E-state index is 0.0131. The molecule has 5 rings (SSSR count). The number of ether oxygens (including phenoxy) is 1. The molecule has 0 radical (unpaired) electrons. The van der Waals surface area contributed by atoms with Crippen molar-refractivity contribution in [1.29, 1.82) is 0 Å². The van der Waals surface area contributed by atoms with Crippen LogP contribution in [0.4, 0.5) is 34.1 Å². The van der Waals surface area contributed by atoms with Gasteiger partial charge < -0.3 is 26.0 Å². The maximum absolute atomic E-state index is 13.5. The van der Waals surface area contributed by atoms with Gasteiger partial charge in [-0.2, -0.15) is 20.5 Å². The Morgan fingerprint density at radius 2 is 1.00 bits per heavy atom. The fourth-order valence-corrected chi connectivity index (χ4v) is 6.51. The van der Waals surface area contributed by atoms with Gasteiger partial charge in [-0.1, -0.05) is 71.2 Å². The number of Topliss-reactive ketones (excluding diaryl/α,β-unsaturated/α-hetero) is 2.